The Kier molecular flexibility index (Phi) is 11.5. The fourth-order valence-corrected chi connectivity index (χ4v) is 4.62. The molecule has 0 spiro atoms. The molecule has 1 N–H and O–H groups in total. The van der Waals surface area contributed by atoms with Gasteiger partial charge in [-0.05, 0) is 29.7 Å². The zero-order valence-electron chi connectivity index (χ0n) is 24.3. The predicted octanol–water partition coefficient (Wildman–Crippen LogP) is 5.99. The van der Waals surface area contributed by atoms with Gasteiger partial charge in [-0.15, -0.1) is 0 Å². The van der Waals surface area contributed by atoms with Crippen LogP contribution >= 0.6 is 0 Å². The average molecular weight is 534 g/mol. The molecule has 6 nitrogen and oxygen atoms in total. The molecule has 0 aromatic heterocycles. The third-order valence-corrected chi connectivity index (χ3v) is 7.39. The third-order valence-electron chi connectivity index (χ3n) is 7.39. The van der Waals surface area contributed by atoms with Gasteiger partial charge in [-0.2, -0.15) is 0 Å². The number of hydrogen-bond acceptors (Lipinski definition) is 5. The molecule has 0 fully saturated rings. The van der Waals surface area contributed by atoms with Crippen LogP contribution in [0.5, 0.6) is 0 Å². The van der Waals surface area contributed by atoms with Crippen LogP contribution in [0.25, 0.3) is 0 Å². The van der Waals surface area contributed by atoms with E-state index in [0.717, 1.165) is 5.56 Å². The Morgan fingerprint density at radius 2 is 1.28 bits per heavy atom. The van der Waals surface area contributed by atoms with Gasteiger partial charge in [-0.25, -0.2) is 0 Å². The van der Waals surface area contributed by atoms with Gasteiger partial charge in [0.2, 0.25) is 11.7 Å². The minimum Gasteiger partial charge on any atom is -0.346 e. The van der Waals surface area contributed by atoms with Crippen molar-refractivity contribution in [1.82, 2.24) is 5.32 Å². The van der Waals surface area contributed by atoms with E-state index in [0.29, 0.717) is 5.56 Å². The minimum absolute atomic E-state index is 0.0153. The first-order valence-corrected chi connectivity index (χ1v) is 13.8. The highest BCUT2D eigenvalue weighted by molar-refractivity contribution is 6.38. The maximum atomic E-state index is 13.3. The molecule has 2 rings (SSSR count). The molecule has 6 heteroatoms. The molecule has 0 bridgehead atoms. The second-order valence-electron chi connectivity index (χ2n) is 12.0. The van der Waals surface area contributed by atoms with E-state index in [4.69, 9.17) is 0 Å². The Hall–Kier alpha value is -3.41. The van der Waals surface area contributed by atoms with Gasteiger partial charge in [0.1, 0.15) is 0 Å². The summed E-state index contributed by atoms with van der Waals surface area (Å²) >= 11 is 0. The van der Waals surface area contributed by atoms with Gasteiger partial charge in [-0.1, -0.05) is 102 Å². The van der Waals surface area contributed by atoms with Crippen molar-refractivity contribution in [2.45, 2.75) is 79.7 Å². The molecule has 0 aliphatic heterocycles. The second-order valence-corrected chi connectivity index (χ2v) is 12.0. The standard InChI is InChI=1S/C33H43NO5/c1-21(2)26(31(38)30(37)18-22(3)24-14-10-8-11-15-24)19-28(35)23(4)34-32(39)27(33(5,6)7)20-29(36)25-16-12-9-13-17-25/h8-17,21-23,26-27H,18-20H2,1-7H3,(H,34,39)/t22-,23+,26+,27-/m1/s1. The number of benzene rings is 2. The van der Waals surface area contributed by atoms with Crippen LogP contribution in [0.1, 0.15) is 89.6 Å². The lowest BCUT2D eigenvalue weighted by atomic mass is 9.76. The number of carbonyl (C=O) groups is 5. The molecule has 210 valence electrons. The van der Waals surface area contributed by atoms with Crippen LogP contribution in [0.3, 0.4) is 0 Å². The van der Waals surface area contributed by atoms with Gasteiger partial charge < -0.3 is 5.32 Å². The maximum Gasteiger partial charge on any atom is 0.224 e. The summed E-state index contributed by atoms with van der Waals surface area (Å²) in [5, 5.41) is 2.77. The van der Waals surface area contributed by atoms with Gasteiger partial charge in [0.25, 0.3) is 0 Å². The van der Waals surface area contributed by atoms with Crippen LogP contribution in [0.2, 0.25) is 0 Å². The summed E-state index contributed by atoms with van der Waals surface area (Å²) in [5.41, 5.74) is 0.995. The lowest BCUT2D eigenvalue weighted by Crippen LogP contribution is -2.46. The van der Waals surface area contributed by atoms with Gasteiger partial charge >= 0.3 is 0 Å². The molecule has 0 saturated heterocycles. The van der Waals surface area contributed by atoms with E-state index in [1.807, 2.05) is 77.9 Å². The first kappa shape index (κ1) is 31.8. The van der Waals surface area contributed by atoms with Crippen molar-refractivity contribution in [1.29, 1.82) is 0 Å². The molecular formula is C33H43NO5. The summed E-state index contributed by atoms with van der Waals surface area (Å²) in [5.74, 6) is -3.60. The predicted molar refractivity (Wildman–Crippen MR) is 153 cm³/mol. The quantitative estimate of drug-likeness (QED) is 0.238. The van der Waals surface area contributed by atoms with E-state index in [-0.39, 0.29) is 48.6 Å². The van der Waals surface area contributed by atoms with E-state index in [2.05, 4.69) is 5.32 Å². The third kappa shape index (κ3) is 9.38. The number of nitrogens with one attached hydrogen (secondary N) is 1. The Morgan fingerprint density at radius 3 is 1.79 bits per heavy atom. The van der Waals surface area contributed by atoms with Crippen LogP contribution in [0.4, 0.5) is 0 Å². The number of carbonyl (C=O) groups excluding carboxylic acids is 5. The summed E-state index contributed by atoms with van der Waals surface area (Å²) in [6, 6.07) is 17.5. The second kappa shape index (κ2) is 14.1. The van der Waals surface area contributed by atoms with Crippen molar-refractivity contribution in [3.63, 3.8) is 0 Å². The zero-order valence-corrected chi connectivity index (χ0v) is 24.3. The molecule has 2 aromatic rings. The van der Waals surface area contributed by atoms with Crippen LogP contribution in [-0.2, 0) is 19.2 Å². The summed E-state index contributed by atoms with van der Waals surface area (Å²) < 4.78 is 0. The largest absolute Gasteiger partial charge is 0.346 e. The first-order valence-electron chi connectivity index (χ1n) is 13.8. The SMILES string of the molecule is CC(C)[C@H](CC(=O)[C@H](C)NC(=O)[C@@H](CC(=O)c1ccccc1)C(C)(C)C)C(=O)C(=O)C[C@@H](C)c1ccccc1. The van der Waals surface area contributed by atoms with Crippen LogP contribution in [-0.4, -0.2) is 35.1 Å². The van der Waals surface area contributed by atoms with Gasteiger partial charge in [0.15, 0.2) is 17.3 Å². The Labute approximate surface area is 233 Å². The number of amides is 1. The summed E-state index contributed by atoms with van der Waals surface area (Å²) in [7, 11) is 0. The fourth-order valence-electron chi connectivity index (χ4n) is 4.62. The van der Waals surface area contributed by atoms with Crippen molar-refractivity contribution >= 4 is 29.0 Å². The molecular weight excluding hydrogens is 490 g/mol. The fraction of sp³-hybridized carbons (Fsp3) is 0.485. The highest BCUT2D eigenvalue weighted by Crippen LogP contribution is 2.31. The molecule has 0 unspecified atom stereocenters. The Bertz CT molecular complexity index is 1150. The molecule has 0 aliphatic carbocycles. The van der Waals surface area contributed by atoms with Crippen LogP contribution < -0.4 is 5.32 Å². The first-order chi connectivity index (χ1) is 18.2. The van der Waals surface area contributed by atoms with Gasteiger partial charge in [0, 0.05) is 30.7 Å². The topological polar surface area (TPSA) is 97.4 Å². The van der Waals surface area contributed by atoms with Crippen molar-refractivity contribution in [3.05, 3.63) is 71.8 Å². The maximum absolute atomic E-state index is 13.3. The Morgan fingerprint density at radius 1 is 0.744 bits per heavy atom. The Balaban J connectivity index is 2.05. The highest BCUT2D eigenvalue weighted by atomic mass is 16.2. The van der Waals surface area contributed by atoms with Crippen LogP contribution in [0, 0.1) is 23.2 Å². The highest BCUT2D eigenvalue weighted by Gasteiger charge is 2.36. The summed E-state index contributed by atoms with van der Waals surface area (Å²) in [6.45, 7) is 12.8. The van der Waals surface area contributed by atoms with Crippen LogP contribution in [0.15, 0.2) is 60.7 Å². The molecule has 2 aromatic carbocycles. The van der Waals surface area contributed by atoms with Crippen molar-refractivity contribution < 1.29 is 24.0 Å². The van der Waals surface area contributed by atoms with E-state index >= 15 is 0 Å². The smallest absolute Gasteiger partial charge is 0.224 e. The number of ketones is 4. The molecule has 1 amide bonds. The lowest BCUT2D eigenvalue weighted by Gasteiger charge is -2.30. The van der Waals surface area contributed by atoms with Crippen molar-refractivity contribution in [3.8, 4) is 0 Å². The zero-order chi connectivity index (χ0) is 29.3. The average Bonchev–Trinajstić information content (AvgIpc) is 2.89. The molecule has 4 atom stereocenters. The van der Waals surface area contributed by atoms with E-state index < -0.39 is 34.9 Å². The molecule has 0 heterocycles. The number of hydrogen-bond donors (Lipinski definition) is 1. The minimum atomic E-state index is -0.860. The van der Waals surface area contributed by atoms with Crippen molar-refractivity contribution in [2.75, 3.05) is 0 Å². The van der Waals surface area contributed by atoms with E-state index in [1.165, 1.54) is 0 Å². The number of Topliss-reactive ketones (excluding diaryl/α,β-unsaturated/α-hetero) is 4. The van der Waals surface area contributed by atoms with Gasteiger partial charge in [0.05, 0.1) is 12.0 Å². The monoisotopic (exact) mass is 533 g/mol. The molecule has 0 radical (unpaired) electrons. The molecule has 0 saturated carbocycles. The summed E-state index contributed by atoms with van der Waals surface area (Å²) in [4.78, 5) is 65.2. The molecule has 39 heavy (non-hydrogen) atoms. The van der Waals surface area contributed by atoms with Crippen molar-refractivity contribution in [2.24, 2.45) is 23.2 Å². The lowest BCUT2D eigenvalue weighted by molar-refractivity contribution is -0.141. The van der Waals surface area contributed by atoms with E-state index in [9.17, 15) is 24.0 Å². The summed E-state index contributed by atoms with van der Waals surface area (Å²) in [6.07, 6.45) is -0.0384. The van der Waals surface area contributed by atoms with E-state index in [1.54, 1.807) is 31.2 Å². The molecule has 0 aliphatic rings. The number of rotatable bonds is 14. The van der Waals surface area contributed by atoms with Gasteiger partial charge in [-0.3, -0.25) is 24.0 Å². The normalized spacial score (nSPS) is 14.7.